The fraction of sp³-hybridized carbons (Fsp3) is 0.500. The molecule has 5 nitrogen and oxygen atoms in total. The maximum atomic E-state index is 11.9. The molecule has 0 aliphatic heterocycles. The predicted octanol–water partition coefficient (Wildman–Crippen LogP) is 1.45. The highest BCUT2D eigenvalue weighted by Gasteiger charge is 2.18. The molecule has 1 amide bonds. The first-order valence-electron chi connectivity index (χ1n) is 6.42. The molecule has 0 radical (unpaired) electrons. The average Bonchev–Trinajstić information content (AvgIpc) is 2.37. The second-order valence-corrected chi connectivity index (χ2v) is 5.34. The van der Waals surface area contributed by atoms with Gasteiger partial charge in [-0.05, 0) is 25.1 Å². The summed E-state index contributed by atoms with van der Waals surface area (Å²) < 4.78 is 0. The summed E-state index contributed by atoms with van der Waals surface area (Å²) in [6.07, 6.45) is 0. The Hall–Kier alpha value is -1.75. The van der Waals surface area contributed by atoms with E-state index in [1.54, 1.807) is 18.2 Å². The highest BCUT2D eigenvalue weighted by molar-refractivity contribution is 6.00. The number of aliphatic hydroxyl groups excluding tert-OH is 1. The van der Waals surface area contributed by atoms with E-state index >= 15 is 0 Å². The fourth-order valence-corrected chi connectivity index (χ4v) is 1.55. The number of nitrogens with one attached hydrogen (secondary N) is 2. The number of carbonyl (C=O) groups excluding carboxylic acids is 1. The largest absolute Gasteiger partial charge is 0.399 e. The SMILES string of the molecule is CCNC(=O)c1ccc(N)cc1NCC(C)(C)CO. The van der Waals surface area contributed by atoms with Crippen molar-refractivity contribution in [2.24, 2.45) is 5.41 Å². The summed E-state index contributed by atoms with van der Waals surface area (Å²) in [5.74, 6) is -0.133. The number of rotatable bonds is 6. The molecule has 1 aromatic rings. The average molecular weight is 265 g/mol. The zero-order chi connectivity index (χ0) is 14.5. The van der Waals surface area contributed by atoms with E-state index in [4.69, 9.17) is 5.73 Å². The number of nitrogen functional groups attached to an aromatic ring is 1. The Morgan fingerprint density at radius 3 is 2.68 bits per heavy atom. The van der Waals surface area contributed by atoms with Gasteiger partial charge >= 0.3 is 0 Å². The van der Waals surface area contributed by atoms with Gasteiger partial charge in [-0.3, -0.25) is 4.79 Å². The molecule has 0 atom stereocenters. The molecule has 106 valence electrons. The van der Waals surface area contributed by atoms with Crippen LogP contribution in [-0.4, -0.2) is 30.7 Å². The number of hydrogen-bond acceptors (Lipinski definition) is 4. The Morgan fingerprint density at radius 2 is 2.11 bits per heavy atom. The van der Waals surface area contributed by atoms with Gasteiger partial charge < -0.3 is 21.5 Å². The van der Waals surface area contributed by atoms with Gasteiger partial charge in [-0.2, -0.15) is 0 Å². The molecule has 0 aromatic heterocycles. The van der Waals surface area contributed by atoms with Gasteiger partial charge in [-0.25, -0.2) is 0 Å². The zero-order valence-electron chi connectivity index (χ0n) is 11.8. The van der Waals surface area contributed by atoms with Crippen LogP contribution in [0.25, 0.3) is 0 Å². The second kappa shape index (κ2) is 6.43. The van der Waals surface area contributed by atoms with E-state index in [1.807, 2.05) is 20.8 Å². The predicted molar refractivity (Wildman–Crippen MR) is 78.2 cm³/mol. The van der Waals surface area contributed by atoms with E-state index in [1.165, 1.54) is 0 Å². The van der Waals surface area contributed by atoms with Gasteiger partial charge in [-0.1, -0.05) is 13.8 Å². The summed E-state index contributed by atoms with van der Waals surface area (Å²) in [6, 6.07) is 5.14. The standard InChI is InChI=1S/C14H23N3O2/c1-4-16-13(19)11-6-5-10(15)7-12(11)17-8-14(2,3)9-18/h5-7,17-18H,4,8-9,15H2,1-3H3,(H,16,19). The molecule has 19 heavy (non-hydrogen) atoms. The van der Waals surface area contributed by atoms with Crippen molar-refractivity contribution in [2.75, 3.05) is 30.7 Å². The lowest BCUT2D eigenvalue weighted by Crippen LogP contribution is -2.29. The van der Waals surface area contributed by atoms with Crippen LogP contribution >= 0.6 is 0 Å². The van der Waals surface area contributed by atoms with E-state index in [9.17, 15) is 9.90 Å². The molecule has 0 saturated carbocycles. The molecule has 5 N–H and O–H groups in total. The van der Waals surface area contributed by atoms with Gasteiger partial charge in [0.1, 0.15) is 0 Å². The molecule has 1 aromatic carbocycles. The van der Waals surface area contributed by atoms with Gasteiger partial charge in [0.15, 0.2) is 0 Å². The van der Waals surface area contributed by atoms with Crippen LogP contribution in [0.4, 0.5) is 11.4 Å². The lowest BCUT2D eigenvalue weighted by Gasteiger charge is -2.23. The molecule has 5 heteroatoms. The van der Waals surface area contributed by atoms with E-state index in [2.05, 4.69) is 10.6 Å². The van der Waals surface area contributed by atoms with Crippen LogP contribution in [0.15, 0.2) is 18.2 Å². The van der Waals surface area contributed by atoms with Crippen molar-refractivity contribution in [1.82, 2.24) is 5.32 Å². The van der Waals surface area contributed by atoms with Gasteiger partial charge in [0.25, 0.3) is 5.91 Å². The fourth-order valence-electron chi connectivity index (χ4n) is 1.55. The lowest BCUT2D eigenvalue weighted by atomic mass is 9.94. The summed E-state index contributed by atoms with van der Waals surface area (Å²) >= 11 is 0. The van der Waals surface area contributed by atoms with Crippen molar-refractivity contribution in [3.63, 3.8) is 0 Å². The number of amides is 1. The molecular weight excluding hydrogens is 242 g/mol. The third kappa shape index (κ3) is 4.44. The number of aliphatic hydroxyl groups is 1. The van der Waals surface area contributed by atoms with Crippen molar-refractivity contribution in [2.45, 2.75) is 20.8 Å². The Labute approximate surface area is 114 Å². The van der Waals surface area contributed by atoms with Crippen molar-refractivity contribution in [3.05, 3.63) is 23.8 Å². The maximum absolute atomic E-state index is 11.9. The second-order valence-electron chi connectivity index (χ2n) is 5.34. The molecule has 1 rings (SSSR count). The number of nitrogens with two attached hydrogens (primary N) is 1. The first-order chi connectivity index (χ1) is 8.89. The van der Waals surface area contributed by atoms with E-state index in [0.29, 0.717) is 30.0 Å². The summed E-state index contributed by atoms with van der Waals surface area (Å²) in [5, 5.41) is 15.2. The highest BCUT2D eigenvalue weighted by atomic mass is 16.3. The topological polar surface area (TPSA) is 87.4 Å². The van der Waals surface area contributed by atoms with Crippen LogP contribution in [-0.2, 0) is 0 Å². The van der Waals surface area contributed by atoms with Crippen molar-refractivity contribution < 1.29 is 9.90 Å². The van der Waals surface area contributed by atoms with E-state index < -0.39 is 0 Å². The molecule has 0 heterocycles. The summed E-state index contributed by atoms with van der Waals surface area (Å²) in [7, 11) is 0. The third-order valence-corrected chi connectivity index (χ3v) is 2.81. The highest BCUT2D eigenvalue weighted by Crippen LogP contribution is 2.22. The first kappa shape index (κ1) is 15.3. The molecule has 0 fully saturated rings. The summed E-state index contributed by atoms with van der Waals surface area (Å²) in [6.45, 7) is 6.95. The number of hydrogen-bond donors (Lipinski definition) is 4. The Morgan fingerprint density at radius 1 is 1.42 bits per heavy atom. The lowest BCUT2D eigenvalue weighted by molar-refractivity contribution is 0.0956. The monoisotopic (exact) mass is 265 g/mol. The molecule has 0 unspecified atom stereocenters. The van der Waals surface area contributed by atoms with Crippen LogP contribution in [0.5, 0.6) is 0 Å². The van der Waals surface area contributed by atoms with Crippen LogP contribution in [0.1, 0.15) is 31.1 Å². The minimum absolute atomic E-state index is 0.0683. The molecule has 0 saturated heterocycles. The smallest absolute Gasteiger partial charge is 0.253 e. The van der Waals surface area contributed by atoms with Crippen LogP contribution in [0.2, 0.25) is 0 Å². The van der Waals surface area contributed by atoms with Crippen molar-refractivity contribution in [1.29, 1.82) is 0 Å². The zero-order valence-corrected chi connectivity index (χ0v) is 11.8. The van der Waals surface area contributed by atoms with Crippen molar-refractivity contribution >= 4 is 17.3 Å². The van der Waals surface area contributed by atoms with Crippen LogP contribution in [0.3, 0.4) is 0 Å². The molecule has 0 bridgehead atoms. The molecular formula is C14H23N3O2. The number of carbonyl (C=O) groups is 1. The van der Waals surface area contributed by atoms with E-state index in [0.717, 1.165) is 0 Å². The minimum atomic E-state index is -0.261. The summed E-state index contributed by atoms with van der Waals surface area (Å²) in [5.41, 5.74) is 7.33. The number of anilines is 2. The van der Waals surface area contributed by atoms with Gasteiger partial charge in [0, 0.05) is 36.5 Å². The Bertz CT molecular complexity index is 444. The Kier molecular flexibility index (Phi) is 5.18. The normalized spacial score (nSPS) is 11.2. The first-order valence-corrected chi connectivity index (χ1v) is 6.42. The maximum Gasteiger partial charge on any atom is 0.253 e. The van der Waals surface area contributed by atoms with Crippen LogP contribution in [0, 0.1) is 5.41 Å². The minimum Gasteiger partial charge on any atom is -0.399 e. The third-order valence-electron chi connectivity index (χ3n) is 2.81. The van der Waals surface area contributed by atoms with Gasteiger partial charge in [0.05, 0.1) is 5.56 Å². The Balaban J connectivity index is 2.91. The van der Waals surface area contributed by atoms with Gasteiger partial charge in [-0.15, -0.1) is 0 Å². The molecule has 0 aliphatic carbocycles. The molecule has 0 aliphatic rings. The number of benzene rings is 1. The van der Waals surface area contributed by atoms with E-state index in [-0.39, 0.29) is 17.9 Å². The summed E-state index contributed by atoms with van der Waals surface area (Å²) in [4.78, 5) is 11.9. The quantitative estimate of drug-likeness (QED) is 0.586. The van der Waals surface area contributed by atoms with Crippen LogP contribution < -0.4 is 16.4 Å². The molecule has 0 spiro atoms. The van der Waals surface area contributed by atoms with Crippen molar-refractivity contribution in [3.8, 4) is 0 Å². The van der Waals surface area contributed by atoms with Gasteiger partial charge in [0.2, 0.25) is 0 Å².